The number of nitrogens with one attached hydrogen (secondary N) is 1. The maximum absolute atomic E-state index is 5.63. The van der Waals surface area contributed by atoms with Crippen LogP contribution in [0.1, 0.15) is 19.2 Å². The highest BCUT2D eigenvalue weighted by Crippen LogP contribution is 2.13. The van der Waals surface area contributed by atoms with Crippen LogP contribution in [0.4, 0.5) is 5.82 Å². The van der Waals surface area contributed by atoms with Crippen molar-refractivity contribution < 1.29 is 0 Å². The van der Waals surface area contributed by atoms with E-state index in [4.69, 9.17) is 5.73 Å². The summed E-state index contributed by atoms with van der Waals surface area (Å²) in [6, 6.07) is 0. The van der Waals surface area contributed by atoms with Crippen LogP contribution >= 0.6 is 0 Å². The van der Waals surface area contributed by atoms with Crippen LogP contribution in [-0.4, -0.2) is 19.9 Å². The van der Waals surface area contributed by atoms with Crippen LogP contribution in [0.2, 0.25) is 0 Å². The lowest BCUT2D eigenvalue weighted by molar-refractivity contribution is 0.860. The number of anilines is 1. The summed E-state index contributed by atoms with van der Waals surface area (Å²) in [5.41, 5.74) is 7.02. The van der Waals surface area contributed by atoms with Crippen molar-refractivity contribution >= 4 is 17.0 Å². The van der Waals surface area contributed by atoms with Gasteiger partial charge in [-0.25, -0.2) is 15.0 Å². The number of imidazole rings is 1. The lowest BCUT2D eigenvalue weighted by atomic mass is 10.3. The zero-order valence-electron chi connectivity index (χ0n) is 7.41. The molecule has 2 aromatic rings. The zero-order chi connectivity index (χ0) is 9.26. The van der Waals surface area contributed by atoms with Crippen molar-refractivity contribution in [3.8, 4) is 0 Å². The molecule has 0 aliphatic rings. The molecule has 2 rings (SSSR count). The molecule has 0 saturated heterocycles. The summed E-state index contributed by atoms with van der Waals surface area (Å²) in [4.78, 5) is 15.3. The Morgan fingerprint density at radius 1 is 1.46 bits per heavy atom. The van der Waals surface area contributed by atoms with Crippen molar-refractivity contribution in [2.24, 2.45) is 0 Å². The topological polar surface area (TPSA) is 80.5 Å². The van der Waals surface area contributed by atoms with Gasteiger partial charge in [-0.05, 0) is 6.42 Å². The monoisotopic (exact) mass is 177 g/mol. The van der Waals surface area contributed by atoms with Gasteiger partial charge in [0.25, 0.3) is 0 Å². The molecule has 0 saturated carbocycles. The van der Waals surface area contributed by atoms with E-state index in [1.165, 1.54) is 6.33 Å². The fourth-order valence-corrected chi connectivity index (χ4v) is 1.25. The van der Waals surface area contributed by atoms with E-state index in [0.29, 0.717) is 11.3 Å². The van der Waals surface area contributed by atoms with Crippen molar-refractivity contribution in [2.75, 3.05) is 5.73 Å². The number of H-pyrrole nitrogens is 1. The molecular weight excluding hydrogens is 166 g/mol. The highest BCUT2D eigenvalue weighted by molar-refractivity contribution is 5.80. The quantitative estimate of drug-likeness (QED) is 0.713. The molecule has 0 aromatic carbocycles. The maximum atomic E-state index is 5.63. The first-order chi connectivity index (χ1) is 6.31. The number of hydrogen-bond acceptors (Lipinski definition) is 4. The highest BCUT2D eigenvalue weighted by atomic mass is 15.0. The van der Waals surface area contributed by atoms with E-state index in [1.807, 2.05) is 0 Å². The molecule has 5 nitrogen and oxygen atoms in total. The summed E-state index contributed by atoms with van der Waals surface area (Å²) >= 11 is 0. The molecule has 0 atom stereocenters. The minimum Gasteiger partial charge on any atom is -0.382 e. The van der Waals surface area contributed by atoms with Crippen LogP contribution in [0.15, 0.2) is 6.33 Å². The van der Waals surface area contributed by atoms with Gasteiger partial charge in [-0.2, -0.15) is 0 Å². The van der Waals surface area contributed by atoms with E-state index in [9.17, 15) is 0 Å². The average Bonchev–Trinajstić information content (AvgIpc) is 2.49. The zero-order valence-corrected chi connectivity index (χ0v) is 7.41. The van der Waals surface area contributed by atoms with Gasteiger partial charge in [-0.3, -0.25) is 0 Å². The standard InChI is InChI=1S/C8H11N5/c1-2-3-5-12-6-7(9)10-4-11-8(6)13-5/h4H,2-3H2,1H3,(H3,9,10,11,12,13). The third-order valence-electron chi connectivity index (χ3n) is 1.85. The van der Waals surface area contributed by atoms with Crippen molar-refractivity contribution in [3.63, 3.8) is 0 Å². The van der Waals surface area contributed by atoms with Crippen LogP contribution in [0, 0.1) is 0 Å². The molecule has 0 aliphatic carbocycles. The van der Waals surface area contributed by atoms with Crippen molar-refractivity contribution in [2.45, 2.75) is 19.8 Å². The maximum Gasteiger partial charge on any atom is 0.162 e. The number of aryl methyl sites for hydroxylation is 1. The molecule has 0 unspecified atom stereocenters. The predicted octanol–water partition coefficient (Wildman–Crippen LogP) is 0.888. The van der Waals surface area contributed by atoms with Gasteiger partial charge in [-0.1, -0.05) is 6.92 Å². The Morgan fingerprint density at radius 2 is 2.31 bits per heavy atom. The molecule has 0 amide bonds. The number of rotatable bonds is 2. The largest absolute Gasteiger partial charge is 0.382 e. The normalized spacial score (nSPS) is 10.8. The number of aromatic amines is 1. The summed E-state index contributed by atoms with van der Waals surface area (Å²) in [7, 11) is 0. The van der Waals surface area contributed by atoms with E-state index >= 15 is 0 Å². The third kappa shape index (κ3) is 1.32. The van der Waals surface area contributed by atoms with Crippen LogP contribution in [0.5, 0.6) is 0 Å². The Morgan fingerprint density at radius 3 is 3.00 bits per heavy atom. The molecule has 0 bridgehead atoms. The molecule has 68 valence electrons. The Hall–Kier alpha value is -1.65. The Kier molecular flexibility index (Phi) is 1.84. The van der Waals surface area contributed by atoms with Gasteiger partial charge in [0, 0.05) is 6.42 Å². The second-order valence-electron chi connectivity index (χ2n) is 2.89. The summed E-state index contributed by atoms with van der Waals surface area (Å²) in [6.45, 7) is 2.10. The minimum absolute atomic E-state index is 0.434. The molecule has 2 heterocycles. The molecule has 0 aliphatic heterocycles. The third-order valence-corrected chi connectivity index (χ3v) is 1.85. The van der Waals surface area contributed by atoms with E-state index < -0.39 is 0 Å². The molecule has 13 heavy (non-hydrogen) atoms. The lowest BCUT2D eigenvalue weighted by Crippen LogP contribution is -1.91. The van der Waals surface area contributed by atoms with Gasteiger partial charge >= 0.3 is 0 Å². The average molecular weight is 177 g/mol. The molecule has 0 radical (unpaired) electrons. The summed E-state index contributed by atoms with van der Waals surface area (Å²) < 4.78 is 0. The van der Waals surface area contributed by atoms with Crippen LogP contribution in [0.3, 0.4) is 0 Å². The highest BCUT2D eigenvalue weighted by Gasteiger charge is 2.05. The predicted molar refractivity (Wildman–Crippen MR) is 50.1 cm³/mol. The minimum atomic E-state index is 0.434. The number of nitrogens with two attached hydrogens (primary N) is 1. The van der Waals surface area contributed by atoms with Crippen LogP contribution < -0.4 is 5.73 Å². The number of nitrogen functional groups attached to an aromatic ring is 1. The second-order valence-corrected chi connectivity index (χ2v) is 2.89. The van der Waals surface area contributed by atoms with Crippen molar-refractivity contribution in [3.05, 3.63) is 12.2 Å². The fourth-order valence-electron chi connectivity index (χ4n) is 1.25. The van der Waals surface area contributed by atoms with Gasteiger partial charge in [0.2, 0.25) is 0 Å². The molecule has 2 aromatic heterocycles. The molecule has 0 spiro atoms. The summed E-state index contributed by atoms with van der Waals surface area (Å²) in [5.74, 6) is 1.35. The first-order valence-electron chi connectivity index (χ1n) is 4.26. The van der Waals surface area contributed by atoms with E-state index in [2.05, 4.69) is 26.9 Å². The molecule has 5 heteroatoms. The Bertz CT molecular complexity index is 419. The first kappa shape index (κ1) is 7.97. The van der Waals surface area contributed by atoms with Crippen LogP contribution in [0.25, 0.3) is 11.2 Å². The Balaban J connectivity index is 2.55. The number of fused-ring (bicyclic) bond motifs is 1. The van der Waals surface area contributed by atoms with Crippen LogP contribution in [-0.2, 0) is 6.42 Å². The first-order valence-corrected chi connectivity index (χ1v) is 4.26. The smallest absolute Gasteiger partial charge is 0.162 e. The second kappa shape index (κ2) is 3.01. The van der Waals surface area contributed by atoms with Crippen molar-refractivity contribution in [1.29, 1.82) is 0 Å². The van der Waals surface area contributed by atoms with E-state index in [0.717, 1.165) is 24.3 Å². The van der Waals surface area contributed by atoms with E-state index in [-0.39, 0.29) is 0 Å². The van der Waals surface area contributed by atoms with Gasteiger partial charge in [0.05, 0.1) is 0 Å². The van der Waals surface area contributed by atoms with Gasteiger partial charge in [0.1, 0.15) is 17.7 Å². The van der Waals surface area contributed by atoms with E-state index in [1.54, 1.807) is 0 Å². The van der Waals surface area contributed by atoms with Gasteiger partial charge in [0.15, 0.2) is 11.5 Å². The molecule has 0 fully saturated rings. The van der Waals surface area contributed by atoms with Gasteiger partial charge in [-0.15, -0.1) is 0 Å². The van der Waals surface area contributed by atoms with Gasteiger partial charge < -0.3 is 10.7 Å². The lowest BCUT2D eigenvalue weighted by Gasteiger charge is -1.88. The van der Waals surface area contributed by atoms with Crippen molar-refractivity contribution in [1.82, 2.24) is 19.9 Å². The number of nitrogens with zero attached hydrogens (tertiary/aromatic N) is 3. The molecular formula is C8H11N5. The molecule has 3 N–H and O–H groups in total. The SMILES string of the molecule is CCCc1nc2c(N)ncnc2[nH]1. The number of aromatic nitrogens is 4. The Labute approximate surface area is 75.4 Å². The fraction of sp³-hybridized carbons (Fsp3) is 0.375. The summed E-state index contributed by atoms with van der Waals surface area (Å²) in [6.07, 6.45) is 3.40. The summed E-state index contributed by atoms with van der Waals surface area (Å²) in [5, 5.41) is 0. The number of hydrogen-bond donors (Lipinski definition) is 2.